The number of nitrogens with zero attached hydrogens (tertiary/aromatic N) is 3. The molecule has 0 bridgehead atoms. The molecule has 0 aliphatic carbocycles. The zero-order valence-electron chi connectivity index (χ0n) is 8.48. The minimum absolute atomic E-state index is 0.815. The topological polar surface area (TPSA) is 39.9 Å². The molecule has 0 aliphatic heterocycles. The number of rotatable bonds is 4. The number of hydrogen-bond donors (Lipinski definition) is 0. The lowest BCUT2D eigenvalue weighted by molar-refractivity contribution is 0.415. The summed E-state index contributed by atoms with van der Waals surface area (Å²) in [5.41, 5.74) is 1.93. The molecule has 2 aromatic rings. The molecule has 0 saturated heterocycles. The third-order valence-electron chi connectivity index (χ3n) is 2.22. The van der Waals surface area contributed by atoms with Crippen LogP contribution in [-0.4, -0.2) is 27.4 Å². The fraction of sp³-hybridized carbons (Fsp3) is 0.400. The first-order chi connectivity index (χ1) is 7.35. The van der Waals surface area contributed by atoms with E-state index >= 15 is 0 Å². The molecule has 0 unspecified atom stereocenters. The number of methoxy groups -OCH3 is 1. The second kappa shape index (κ2) is 4.61. The highest BCUT2D eigenvalue weighted by Gasteiger charge is 2.04. The molecule has 0 saturated carbocycles. The van der Waals surface area contributed by atoms with Crippen LogP contribution >= 0.6 is 15.9 Å². The van der Waals surface area contributed by atoms with E-state index in [9.17, 15) is 0 Å². The van der Waals surface area contributed by atoms with Gasteiger partial charge in [0.15, 0.2) is 0 Å². The number of ether oxygens (including phenoxy) is 1. The van der Waals surface area contributed by atoms with Crippen LogP contribution in [0.4, 0.5) is 0 Å². The second-order valence-electron chi connectivity index (χ2n) is 3.21. The van der Waals surface area contributed by atoms with Crippen molar-refractivity contribution in [1.82, 2.24) is 15.0 Å². The molecule has 0 radical (unpaired) electrons. The maximum Gasteiger partial charge on any atom is 0.121 e. The zero-order chi connectivity index (χ0) is 10.7. The number of halogens is 1. The molecule has 1 aromatic heterocycles. The Bertz CT molecular complexity index is 455. The zero-order valence-corrected chi connectivity index (χ0v) is 10.1. The van der Waals surface area contributed by atoms with Crippen molar-refractivity contribution in [3.8, 4) is 5.75 Å². The number of hydrogen-bond acceptors (Lipinski definition) is 3. The summed E-state index contributed by atoms with van der Waals surface area (Å²) in [4.78, 5) is 0. The van der Waals surface area contributed by atoms with Crippen molar-refractivity contribution in [2.45, 2.75) is 13.0 Å². The molecule has 15 heavy (non-hydrogen) atoms. The molecular weight excluding hydrogens is 258 g/mol. The minimum atomic E-state index is 0.815. The van der Waals surface area contributed by atoms with Crippen molar-refractivity contribution in [2.24, 2.45) is 0 Å². The molecule has 0 spiro atoms. The fourth-order valence-corrected chi connectivity index (χ4v) is 1.70. The third kappa shape index (κ3) is 2.12. The Morgan fingerprint density at radius 3 is 3.07 bits per heavy atom. The Labute approximate surface area is 96.3 Å². The lowest BCUT2D eigenvalue weighted by Gasteiger charge is -2.01. The van der Waals surface area contributed by atoms with E-state index in [2.05, 4.69) is 26.2 Å². The predicted molar refractivity (Wildman–Crippen MR) is 62.5 cm³/mol. The Morgan fingerprint density at radius 1 is 1.47 bits per heavy atom. The molecule has 0 N–H and O–H groups in total. The highest BCUT2D eigenvalue weighted by molar-refractivity contribution is 9.09. The molecule has 4 nitrogen and oxygen atoms in total. The van der Waals surface area contributed by atoms with E-state index in [-0.39, 0.29) is 0 Å². The van der Waals surface area contributed by atoms with Crippen molar-refractivity contribution < 1.29 is 4.74 Å². The van der Waals surface area contributed by atoms with Crippen LogP contribution < -0.4 is 4.74 Å². The summed E-state index contributed by atoms with van der Waals surface area (Å²) in [5.74, 6) is 0.815. The van der Waals surface area contributed by atoms with Gasteiger partial charge in [-0.25, -0.2) is 4.68 Å². The van der Waals surface area contributed by atoms with Gasteiger partial charge in [0.05, 0.1) is 12.6 Å². The van der Waals surface area contributed by atoms with Gasteiger partial charge in [-0.1, -0.05) is 21.1 Å². The Balaban J connectivity index is 2.34. The first kappa shape index (κ1) is 10.4. The van der Waals surface area contributed by atoms with Crippen molar-refractivity contribution >= 4 is 27.0 Å². The lowest BCUT2D eigenvalue weighted by atomic mass is 10.3. The average molecular weight is 270 g/mol. The molecule has 2 rings (SSSR count). The maximum atomic E-state index is 5.13. The first-order valence-electron chi connectivity index (χ1n) is 4.78. The molecule has 5 heteroatoms. The summed E-state index contributed by atoms with van der Waals surface area (Å²) in [6.07, 6.45) is 1.05. The SMILES string of the molecule is COc1ccc2c(c1)nnn2CCCBr. The van der Waals surface area contributed by atoms with E-state index in [1.807, 2.05) is 22.9 Å². The molecule has 0 atom stereocenters. The fourth-order valence-electron chi connectivity index (χ4n) is 1.45. The predicted octanol–water partition coefficient (Wildman–Crippen LogP) is 2.22. The van der Waals surface area contributed by atoms with E-state index < -0.39 is 0 Å². The van der Waals surface area contributed by atoms with Gasteiger partial charge >= 0.3 is 0 Å². The number of fused-ring (bicyclic) bond motifs is 1. The maximum absolute atomic E-state index is 5.13. The van der Waals surface area contributed by atoms with E-state index in [0.29, 0.717) is 0 Å². The summed E-state index contributed by atoms with van der Waals surface area (Å²) in [5, 5.41) is 9.17. The molecule has 80 valence electrons. The van der Waals surface area contributed by atoms with Crippen LogP contribution in [0.15, 0.2) is 18.2 Å². The van der Waals surface area contributed by atoms with Crippen LogP contribution in [0.2, 0.25) is 0 Å². The summed E-state index contributed by atoms with van der Waals surface area (Å²) in [6.45, 7) is 0.883. The molecule has 1 heterocycles. The van der Waals surface area contributed by atoms with Gasteiger partial charge in [0.2, 0.25) is 0 Å². The van der Waals surface area contributed by atoms with Crippen molar-refractivity contribution in [1.29, 1.82) is 0 Å². The van der Waals surface area contributed by atoms with Crippen LogP contribution in [-0.2, 0) is 6.54 Å². The number of alkyl halides is 1. The van der Waals surface area contributed by atoms with Gasteiger partial charge in [0, 0.05) is 17.9 Å². The summed E-state index contributed by atoms with van der Waals surface area (Å²) in [7, 11) is 1.65. The van der Waals surface area contributed by atoms with Crippen LogP contribution in [0.5, 0.6) is 5.75 Å². The quantitative estimate of drug-likeness (QED) is 0.800. The van der Waals surface area contributed by atoms with Crippen molar-refractivity contribution in [3.05, 3.63) is 18.2 Å². The van der Waals surface area contributed by atoms with Gasteiger partial charge in [-0.15, -0.1) is 5.10 Å². The molecule has 0 amide bonds. The Kier molecular flexibility index (Phi) is 3.20. The van der Waals surface area contributed by atoms with Gasteiger partial charge in [-0.3, -0.25) is 0 Å². The molecule has 0 aliphatic rings. The monoisotopic (exact) mass is 269 g/mol. The van der Waals surface area contributed by atoms with Crippen molar-refractivity contribution in [2.75, 3.05) is 12.4 Å². The van der Waals surface area contributed by atoms with Gasteiger partial charge < -0.3 is 4.74 Å². The van der Waals surface area contributed by atoms with Gasteiger partial charge in [0.1, 0.15) is 11.3 Å². The second-order valence-corrected chi connectivity index (χ2v) is 4.00. The van der Waals surface area contributed by atoms with Crippen molar-refractivity contribution in [3.63, 3.8) is 0 Å². The number of aromatic nitrogens is 3. The van der Waals surface area contributed by atoms with E-state index in [1.54, 1.807) is 7.11 Å². The van der Waals surface area contributed by atoms with Crippen LogP contribution in [0.25, 0.3) is 11.0 Å². The van der Waals surface area contributed by atoms with E-state index in [1.165, 1.54) is 0 Å². The van der Waals surface area contributed by atoms with E-state index in [0.717, 1.165) is 35.1 Å². The van der Waals surface area contributed by atoms with Gasteiger partial charge in [-0.05, 0) is 18.6 Å². The van der Waals surface area contributed by atoms with Crippen LogP contribution in [0, 0.1) is 0 Å². The van der Waals surface area contributed by atoms with Crippen LogP contribution in [0.1, 0.15) is 6.42 Å². The highest BCUT2D eigenvalue weighted by Crippen LogP contribution is 2.18. The lowest BCUT2D eigenvalue weighted by Crippen LogP contribution is -2.00. The third-order valence-corrected chi connectivity index (χ3v) is 2.79. The molecule has 1 aromatic carbocycles. The normalized spacial score (nSPS) is 10.8. The summed E-state index contributed by atoms with van der Waals surface area (Å²) < 4.78 is 7.04. The van der Waals surface area contributed by atoms with E-state index in [4.69, 9.17) is 4.74 Å². The molecule has 0 fully saturated rings. The summed E-state index contributed by atoms with van der Waals surface area (Å²) >= 11 is 3.40. The first-order valence-corrected chi connectivity index (χ1v) is 5.90. The standard InChI is InChI=1S/C10H12BrN3O/c1-15-8-3-4-10-9(7-8)12-13-14(10)6-2-5-11/h3-4,7H,2,5-6H2,1H3. The Morgan fingerprint density at radius 2 is 2.33 bits per heavy atom. The smallest absolute Gasteiger partial charge is 0.121 e. The number of benzene rings is 1. The molecular formula is C10H12BrN3O. The average Bonchev–Trinajstić information content (AvgIpc) is 2.68. The summed E-state index contributed by atoms with van der Waals surface area (Å²) in [6, 6.07) is 5.81. The van der Waals surface area contributed by atoms with Gasteiger partial charge in [0.25, 0.3) is 0 Å². The Hall–Kier alpha value is -1.10. The van der Waals surface area contributed by atoms with Crippen LogP contribution in [0.3, 0.4) is 0 Å². The number of aryl methyl sites for hydroxylation is 1. The largest absolute Gasteiger partial charge is 0.497 e. The van der Waals surface area contributed by atoms with Gasteiger partial charge in [-0.2, -0.15) is 0 Å². The highest BCUT2D eigenvalue weighted by atomic mass is 79.9. The minimum Gasteiger partial charge on any atom is -0.497 e.